The molecule has 1 amide bonds. The fourth-order valence-corrected chi connectivity index (χ4v) is 4.80. The number of carbonyl (C=O) groups is 1. The summed E-state index contributed by atoms with van der Waals surface area (Å²) in [7, 11) is 0. The first-order chi connectivity index (χ1) is 11.8. The van der Waals surface area contributed by atoms with E-state index >= 15 is 0 Å². The van der Waals surface area contributed by atoms with E-state index in [2.05, 4.69) is 49.4 Å². The molecule has 0 N–H and O–H groups in total. The molecule has 0 fully saturated rings. The molecule has 2 nitrogen and oxygen atoms in total. The molecule has 0 aliphatic carbocycles. The molecule has 3 rings (SSSR count). The van der Waals surface area contributed by atoms with Gasteiger partial charge in [0.2, 0.25) is 0 Å². The minimum absolute atomic E-state index is 0.102. The van der Waals surface area contributed by atoms with Gasteiger partial charge in [0.1, 0.15) is 0 Å². The Morgan fingerprint density at radius 2 is 1.67 bits per heavy atom. The molecule has 0 aromatic heterocycles. The zero-order valence-corrected chi connectivity index (χ0v) is 15.5. The van der Waals surface area contributed by atoms with Gasteiger partial charge in [0, 0.05) is 0 Å². The summed E-state index contributed by atoms with van der Waals surface area (Å²) in [5.41, 5.74) is 2.48. The van der Waals surface area contributed by atoms with Gasteiger partial charge in [0.25, 0.3) is 0 Å². The van der Waals surface area contributed by atoms with E-state index in [4.69, 9.17) is 0 Å². The summed E-state index contributed by atoms with van der Waals surface area (Å²) in [4.78, 5) is 14.2. The molecule has 1 aliphatic heterocycles. The summed E-state index contributed by atoms with van der Waals surface area (Å²) in [6.45, 7) is 3.59. The van der Waals surface area contributed by atoms with Gasteiger partial charge in [-0.15, -0.1) is 0 Å². The maximum absolute atomic E-state index is 12.2. The van der Waals surface area contributed by atoms with Gasteiger partial charge in [-0.2, -0.15) is 0 Å². The molecule has 3 heteroatoms. The van der Waals surface area contributed by atoms with Crippen molar-refractivity contribution in [2.24, 2.45) is 0 Å². The molecule has 2 aromatic rings. The molecule has 2 aromatic carbocycles. The van der Waals surface area contributed by atoms with Crippen LogP contribution in [0.1, 0.15) is 18.9 Å². The Morgan fingerprint density at radius 3 is 2.33 bits per heavy atom. The Balaban J connectivity index is 1.79. The van der Waals surface area contributed by atoms with Crippen LogP contribution in [-0.4, -0.2) is 32.3 Å². The zero-order chi connectivity index (χ0) is 16.8. The van der Waals surface area contributed by atoms with Gasteiger partial charge in [0.05, 0.1) is 0 Å². The second-order valence-electron chi connectivity index (χ2n) is 5.73. The predicted molar refractivity (Wildman–Crippen MR) is 100 cm³/mol. The van der Waals surface area contributed by atoms with Crippen LogP contribution < -0.4 is 4.46 Å². The molecule has 0 atom stereocenters. The summed E-state index contributed by atoms with van der Waals surface area (Å²) in [6, 6.07) is 20.8. The molecule has 0 spiro atoms. The van der Waals surface area contributed by atoms with Crippen LogP contribution in [0.5, 0.6) is 0 Å². The van der Waals surface area contributed by atoms with Crippen LogP contribution in [0.4, 0.5) is 0 Å². The van der Waals surface area contributed by atoms with Crippen LogP contribution in [-0.2, 0) is 11.3 Å². The molecule has 1 heterocycles. The van der Waals surface area contributed by atoms with Crippen LogP contribution in [0.3, 0.4) is 0 Å². The molecule has 0 bridgehead atoms. The van der Waals surface area contributed by atoms with Crippen molar-refractivity contribution < 1.29 is 4.79 Å². The number of rotatable bonds is 5. The molecule has 122 valence electrons. The van der Waals surface area contributed by atoms with Crippen molar-refractivity contribution >= 4 is 25.3 Å². The van der Waals surface area contributed by atoms with Crippen molar-refractivity contribution in [3.05, 3.63) is 88.4 Å². The average Bonchev–Trinajstić information content (AvgIpc) is 2.63. The Kier molecular flexibility index (Phi) is 5.68. The molecular weight excluding hydrogens is 361 g/mol. The number of hydrogen-bond acceptors (Lipinski definition) is 1. The first kappa shape index (κ1) is 16.8. The van der Waals surface area contributed by atoms with Crippen molar-refractivity contribution in [2.45, 2.75) is 19.9 Å². The third-order valence-electron chi connectivity index (χ3n) is 3.98. The maximum atomic E-state index is 12.2. The first-order valence-corrected chi connectivity index (χ1v) is 9.93. The monoisotopic (exact) mass is 383 g/mol. The number of nitrogens with zero attached hydrogens (tertiary/aromatic N) is 1. The van der Waals surface area contributed by atoms with E-state index in [0.29, 0.717) is 28.0 Å². The zero-order valence-electron chi connectivity index (χ0n) is 13.8. The van der Waals surface area contributed by atoms with Crippen LogP contribution in [0, 0.1) is 0 Å². The van der Waals surface area contributed by atoms with Gasteiger partial charge < -0.3 is 0 Å². The molecule has 0 saturated carbocycles. The quantitative estimate of drug-likeness (QED) is 0.727. The van der Waals surface area contributed by atoms with Crippen LogP contribution >= 0.6 is 0 Å². The SMILES string of the molecule is CC/C([Se]c1ccccc1)=C1/C=CC(=O)N(Cc2ccccc2)C1. The van der Waals surface area contributed by atoms with Gasteiger partial charge in [0.15, 0.2) is 0 Å². The Labute approximate surface area is 150 Å². The second kappa shape index (κ2) is 8.14. The van der Waals surface area contributed by atoms with E-state index in [1.807, 2.05) is 29.2 Å². The Morgan fingerprint density at radius 1 is 1.00 bits per heavy atom. The van der Waals surface area contributed by atoms with Gasteiger partial charge in [-0.25, -0.2) is 0 Å². The van der Waals surface area contributed by atoms with Crippen molar-refractivity contribution in [1.82, 2.24) is 4.90 Å². The number of hydrogen-bond donors (Lipinski definition) is 0. The van der Waals surface area contributed by atoms with Crippen LogP contribution in [0.2, 0.25) is 0 Å². The Bertz CT molecular complexity index is 750. The second-order valence-corrected chi connectivity index (χ2v) is 8.18. The normalized spacial score (nSPS) is 16.4. The van der Waals surface area contributed by atoms with Gasteiger partial charge in [-0.05, 0) is 0 Å². The molecular formula is C21H21NOSe. The van der Waals surface area contributed by atoms with Crippen molar-refractivity contribution in [1.29, 1.82) is 0 Å². The number of benzene rings is 2. The van der Waals surface area contributed by atoms with Gasteiger partial charge in [-0.1, -0.05) is 0 Å². The van der Waals surface area contributed by atoms with E-state index in [9.17, 15) is 4.79 Å². The van der Waals surface area contributed by atoms with E-state index in [1.54, 1.807) is 6.08 Å². The topological polar surface area (TPSA) is 20.3 Å². The fourth-order valence-electron chi connectivity index (χ4n) is 2.73. The van der Waals surface area contributed by atoms with Crippen molar-refractivity contribution in [3.63, 3.8) is 0 Å². The number of allylic oxidation sites excluding steroid dienone is 1. The molecule has 1 aliphatic rings. The predicted octanol–water partition coefficient (Wildman–Crippen LogP) is 3.28. The third kappa shape index (κ3) is 4.25. The summed E-state index contributed by atoms with van der Waals surface area (Å²) >= 11 is 0.314. The molecule has 0 saturated heterocycles. The Hall–Kier alpha value is -2.09. The number of amides is 1. The van der Waals surface area contributed by atoms with Gasteiger partial charge >= 0.3 is 150 Å². The first-order valence-electron chi connectivity index (χ1n) is 8.22. The number of carbonyl (C=O) groups excluding carboxylic acids is 1. The fraction of sp³-hybridized carbons (Fsp3) is 0.190. The summed E-state index contributed by atoms with van der Waals surface area (Å²) in [5.74, 6) is 0.102. The molecule has 0 unspecified atom stereocenters. The van der Waals surface area contributed by atoms with E-state index in [1.165, 1.54) is 20.1 Å². The van der Waals surface area contributed by atoms with E-state index in [0.717, 1.165) is 6.42 Å². The minimum atomic E-state index is 0.102. The van der Waals surface area contributed by atoms with E-state index in [-0.39, 0.29) is 5.91 Å². The molecule has 24 heavy (non-hydrogen) atoms. The summed E-state index contributed by atoms with van der Waals surface area (Å²) in [5, 5.41) is 0. The standard InChI is InChI=1S/C21H21NOSe/c1-2-20(24-19-11-7-4-8-12-19)18-13-14-21(23)22(16-18)15-17-9-5-3-6-10-17/h3-14H,2,15-16H2,1H3/b20-18+. The third-order valence-corrected chi connectivity index (χ3v) is 6.72. The summed E-state index contributed by atoms with van der Waals surface area (Å²) in [6.07, 6.45) is 4.77. The van der Waals surface area contributed by atoms with Crippen molar-refractivity contribution in [2.75, 3.05) is 6.54 Å². The van der Waals surface area contributed by atoms with Crippen molar-refractivity contribution in [3.8, 4) is 0 Å². The summed E-state index contributed by atoms with van der Waals surface area (Å²) < 4.78 is 2.85. The van der Waals surface area contributed by atoms with Gasteiger partial charge in [-0.3, -0.25) is 0 Å². The van der Waals surface area contributed by atoms with E-state index < -0.39 is 0 Å². The molecule has 0 radical (unpaired) electrons. The van der Waals surface area contributed by atoms with Crippen LogP contribution in [0.15, 0.2) is 82.9 Å². The van der Waals surface area contributed by atoms with Crippen LogP contribution in [0.25, 0.3) is 0 Å². The average molecular weight is 382 g/mol.